The number of hydrogen-bond donors (Lipinski definition) is 1. The highest BCUT2D eigenvalue weighted by molar-refractivity contribution is 5.49. The highest BCUT2D eigenvalue weighted by atomic mass is 15.1. The lowest BCUT2D eigenvalue weighted by Gasteiger charge is -2.24. The fraction of sp³-hybridized carbons (Fsp3) is 0.235. The Balaban J connectivity index is 2.05. The zero-order valence-corrected chi connectivity index (χ0v) is 11.5. The Kier molecular flexibility index (Phi) is 5.02. The van der Waals surface area contributed by atoms with Crippen molar-refractivity contribution in [3.8, 4) is 6.07 Å². The van der Waals surface area contributed by atoms with Gasteiger partial charge in [0.05, 0.1) is 12.5 Å². The van der Waals surface area contributed by atoms with E-state index in [-0.39, 0.29) is 0 Å². The number of benzene rings is 2. The molecule has 2 aromatic carbocycles. The number of nitrogens with zero attached hydrogens (tertiary/aromatic N) is 2. The van der Waals surface area contributed by atoms with E-state index < -0.39 is 0 Å². The van der Waals surface area contributed by atoms with Gasteiger partial charge in [-0.1, -0.05) is 36.4 Å². The summed E-state index contributed by atoms with van der Waals surface area (Å²) in [5.74, 6) is 0. The van der Waals surface area contributed by atoms with Gasteiger partial charge in [-0.15, -0.1) is 0 Å². The van der Waals surface area contributed by atoms with E-state index in [9.17, 15) is 0 Å². The van der Waals surface area contributed by atoms with Crippen LogP contribution in [0.15, 0.2) is 54.6 Å². The standard InChI is InChI=1S/C17H19N3/c18-12-6-13-20(16-8-2-1-3-9-16)14-11-15-7-4-5-10-17(15)19/h1-5,7-10H,6,11,13-14,19H2. The predicted octanol–water partition coefficient (Wildman–Crippen LogP) is 3.23. The molecule has 0 radical (unpaired) electrons. The monoisotopic (exact) mass is 265 g/mol. The molecule has 0 amide bonds. The largest absolute Gasteiger partial charge is 0.399 e. The van der Waals surface area contributed by atoms with Crippen molar-refractivity contribution in [1.29, 1.82) is 5.26 Å². The van der Waals surface area contributed by atoms with Crippen LogP contribution in [0, 0.1) is 11.3 Å². The summed E-state index contributed by atoms with van der Waals surface area (Å²) in [6, 6.07) is 20.3. The molecule has 0 saturated carbocycles. The Hall–Kier alpha value is -2.47. The first kappa shape index (κ1) is 14.0. The average molecular weight is 265 g/mol. The molecule has 0 spiro atoms. The van der Waals surface area contributed by atoms with Crippen molar-refractivity contribution in [2.24, 2.45) is 0 Å². The van der Waals surface area contributed by atoms with Gasteiger partial charge in [0.25, 0.3) is 0 Å². The van der Waals surface area contributed by atoms with Gasteiger partial charge in [0, 0.05) is 24.5 Å². The Morgan fingerprint density at radius 3 is 2.35 bits per heavy atom. The van der Waals surface area contributed by atoms with E-state index in [1.165, 1.54) is 0 Å². The third kappa shape index (κ3) is 3.76. The molecule has 2 N–H and O–H groups in total. The molecule has 0 heterocycles. The molecule has 0 atom stereocenters. The van der Waals surface area contributed by atoms with Crippen molar-refractivity contribution in [3.05, 3.63) is 60.2 Å². The minimum atomic E-state index is 0.527. The number of para-hydroxylation sites is 2. The zero-order chi connectivity index (χ0) is 14.2. The lowest BCUT2D eigenvalue weighted by molar-refractivity contribution is 0.782. The average Bonchev–Trinajstić information content (AvgIpc) is 2.50. The maximum atomic E-state index is 8.79. The van der Waals surface area contributed by atoms with Crippen molar-refractivity contribution in [1.82, 2.24) is 0 Å². The molecular weight excluding hydrogens is 246 g/mol. The molecule has 0 aromatic heterocycles. The van der Waals surface area contributed by atoms with Gasteiger partial charge in [-0.25, -0.2) is 0 Å². The van der Waals surface area contributed by atoms with Crippen molar-refractivity contribution < 1.29 is 0 Å². The molecule has 3 nitrogen and oxygen atoms in total. The maximum Gasteiger partial charge on any atom is 0.0640 e. The third-order valence-corrected chi connectivity index (χ3v) is 3.32. The second-order valence-corrected chi connectivity index (χ2v) is 4.68. The normalized spacial score (nSPS) is 9.95. The summed E-state index contributed by atoms with van der Waals surface area (Å²) in [7, 11) is 0. The summed E-state index contributed by atoms with van der Waals surface area (Å²) in [6.45, 7) is 1.60. The van der Waals surface area contributed by atoms with E-state index in [1.54, 1.807) is 0 Å². The summed E-state index contributed by atoms with van der Waals surface area (Å²) >= 11 is 0. The molecule has 20 heavy (non-hydrogen) atoms. The topological polar surface area (TPSA) is 53.0 Å². The second-order valence-electron chi connectivity index (χ2n) is 4.68. The Morgan fingerprint density at radius 2 is 1.65 bits per heavy atom. The Morgan fingerprint density at radius 1 is 0.950 bits per heavy atom. The number of nitriles is 1. The molecule has 0 aliphatic carbocycles. The van der Waals surface area contributed by atoms with E-state index in [1.807, 2.05) is 36.4 Å². The first-order valence-electron chi connectivity index (χ1n) is 6.81. The van der Waals surface area contributed by atoms with E-state index in [0.29, 0.717) is 6.42 Å². The second kappa shape index (κ2) is 7.20. The Bertz CT molecular complexity index is 572. The van der Waals surface area contributed by atoms with E-state index in [0.717, 1.165) is 36.4 Å². The van der Waals surface area contributed by atoms with Gasteiger partial charge in [0.15, 0.2) is 0 Å². The zero-order valence-electron chi connectivity index (χ0n) is 11.5. The molecule has 0 aliphatic rings. The summed E-state index contributed by atoms with van der Waals surface area (Å²) in [5.41, 5.74) is 9.12. The van der Waals surface area contributed by atoms with Gasteiger partial charge in [-0.2, -0.15) is 5.26 Å². The number of nitrogen functional groups attached to an aromatic ring is 1. The minimum absolute atomic E-state index is 0.527. The maximum absolute atomic E-state index is 8.79. The van der Waals surface area contributed by atoms with E-state index in [2.05, 4.69) is 29.2 Å². The fourth-order valence-corrected chi connectivity index (χ4v) is 2.21. The van der Waals surface area contributed by atoms with E-state index in [4.69, 9.17) is 11.0 Å². The molecule has 0 saturated heterocycles. The molecule has 0 fully saturated rings. The molecule has 2 rings (SSSR count). The van der Waals surface area contributed by atoms with Crippen LogP contribution in [0.2, 0.25) is 0 Å². The lowest BCUT2D eigenvalue weighted by Crippen LogP contribution is -2.26. The van der Waals surface area contributed by atoms with Crippen LogP contribution in [0.5, 0.6) is 0 Å². The summed E-state index contributed by atoms with van der Waals surface area (Å²) in [5, 5.41) is 8.79. The quantitative estimate of drug-likeness (QED) is 0.816. The third-order valence-electron chi connectivity index (χ3n) is 3.32. The number of rotatable bonds is 6. The van der Waals surface area contributed by atoms with Crippen LogP contribution in [-0.4, -0.2) is 13.1 Å². The summed E-state index contributed by atoms with van der Waals surface area (Å²) < 4.78 is 0. The summed E-state index contributed by atoms with van der Waals surface area (Å²) in [6.07, 6.45) is 1.41. The van der Waals surface area contributed by atoms with Gasteiger partial charge >= 0.3 is 0 Å². The Labute approximate surface area is 120 Å². The lowest BCUT2D eigenvalue weighted by atomic mass is 10.1. The van der Waals surface area contributed by atoms with Gasteiger partial charge in [0.2, 0.25) is 0 Å². The fourth-order valence-electron chi connectivity index (χ4n) is 2.21. The van der Waals surface area contributed by atoms with Crippen LogP contribution in [-0.2, 0) is 6.42 Å². The molecule has 0 bridgehead atoms. The van der Waals surface area contributed by atoms with Gasteiger partial charge in [-0.3, -0.25) is 0 Å². The number of hydrogen-bond acceptors (Lipinski definition) is 3. The first-order valence-corrected chi connectivity index (χ1v) is 6.81. The minimum Gasteiger partial charge on any atom is -0.399 e. The van der Waals surface area contributed by atoms with Crippen LogP contribution >= 0.6 is 0 Å². The molecule has 3 heteroatoms. The van der Waals surface area contributed by atoms with Crippen LogP contribution in [0.1, 0.15) is 12.0 Å². The summed E-state index contributed by atoms with van der Waals surface area (Å²) in [4.78, 5) is 2.23. The molecule has 0 aliphatic heterocycles. The van der Waals surface area contributed by atoms with Crippen LogP contribution in [0.25, 0.3) is 0 Å². The first-order chi connectivity index (χ1) is 9.81. The van der Waals surface area contributed by atoms with Crippen LogP contribution in [0.4, 0.5) is 11.4 Å². The smallest absolute Gasteiger partial charge is 0.0640 e. The van der Waals surface area contributed by atoms with Gasteiger partial charge < -0.3 is 10.6 Å². The van der Waals surface area contributed by atoms with Crippen LogP contribution in [0.3, 0.4) is 0 Å². The van der Waals surface area contributed by atoms with E-state index >= 15 is 0 Å². The number of anilines is 2. The van der Waals surface area contributed by atoms with Gasteiger partial charge in [0.1, 0.15) is 0 Å². The van der Waals surface area contributed by atoms with Gasteiger partial charge in [-0.05, 0) is 30.2 Å². The predicted molar refractivity (Wildman–Crippen MR) is 83.4 cm³/mol. The van der Waals surface area contributed by atoms with Crippen molar-refractivity contribution in [3.63, 3.8) is 0 Å². The number of nitrogens with two attached hydrogens (primary N) is 1. The SMILES string of the molecule is N#CCCN(CCc1ccccc1N)c1ccccc1. The van der Waals surface area contributed by atoms with Crippen LogP contribution < -0.4 is 10.6 Å². The highest BCUT2D eigenvalue weighted by Crippen LogP contribution is 2.16. The molecular formula is C17H19N3. The van der Waals surface area contributed by atoms with Crippen molar-refractivity contribution in [2.45, 2.75) is 12.8 Å². The molecule has 2 aromatic rings. The molecule has 0 unspecified atom stereocenters. The molecule has 102 valence electrons. The van der Waals surface area contributed by atoms with Crippen molar-refractivity contribution in [2.75, 3.05) is 23.7 Å². The van der Waals surface area contributed by atoms with Crippen molar-refractivity contribution >= 4 is 11.4 Å². The highest BCUT2D eigenvalue weighted by Gasteiger charge is 2.07.